The molecule has 1 N–H and O–H groups in total. The van der Waals surface area contributed by atoms with E-state index in [2.05, 4.69) is 5.32 Å². The van der Waals surface area contributed by atoms with Crippen LogP contribution in [0.4, 0.5) is 5.69 Å². The monoisotopic (exact) mass is 324 g/mol. The summed E-state index contributed by atoms with van der Waals surface area (Å²) in [6.07, 6.45) is 0. The van der Waals surface area contributed by atoms with Crippen molar-refractivity contribution in [3.63, 3.8) is 0 Å². The highest BCUT2D eigenvalue weighted by molar-refractivity contribution is 5.95. The molecule has 4 nitrogen and oxygen atoms in total. The second kappa shape index (κ2) is 7.77. The molecule has 0 aliphatic rings. The molecule has 0 unspecified atom stereocenters. The molecule has 0 aliphatic heterocycles. The van der Waals surface area contributed by atoms with Crippen LogP contribution in [0.15, 0.2) is 42.5 Å². The van der Waals surface area contributed by atoms with Crippen molar-refractivity contribution >= 4 is 17.5 Å². The fourth-order valence-electron chi connectivity index (χ4n) is 2.58. The van der Waals surface area contributed by atoms with Crippen LogP contribution >= 0.6 is 0 Å². The Kier molecular flexibility index (Phi) is 5.74. The first-order chi connectivity index (χ1) is 11.4. The van der Waals surface area contributed by atoms with Gasteiger partial charge in [-0.3, -0.25) is 9.59 Å². The van der Waals surface area contributed by atoms with E-state index in [0.717, 1.165) is 22.4 Å². The molecule has 0 atom stereocenters. The standard InChI is InChI=1S/C20H24N2O2/c1-14-9-10-18(13-16(14)3)20(24)21-11-12-22(17(4)23)19-8-6-5-7-15(19)2/h5-10,13H,11-12H2,1-4H3,(H,21,24). The fraction of sp³-hybridized carbons (Fsp3) is 0.300. The highest BCUT2D eigenvalue weighted by atomic mass is 16.2. The number of hydrogen-bond donors (Lipinski definition) is 1. The molecule has 0 bridgehead atoms. The Balaban J connectivity index is 2.00. The Morgan fingerprint density at radius 3 is 2.29 bits per heavy atom. The predicted octanol–water partition coefficient (Wildman–Crippen LogP) is 3.39. The van der Waals surface area contributed by atoms with Gasteiger partial charge in [-0.1, -0.05) is 24.3 Å². The van der Waals surface area contributed by atoms with Crippen LogP contribution in [-0.4, -0.2) is 24.9 Å². The third-order valence-electron chi connectivity index (χ3n) is 4.18. The average Bonchev–Trinajstić information content (AvgIpc) is 2.54. The number of carbonyl (C=O) groups is 2. The molecule has 2 amide bonds. The van der Waals surface area contributed by atoms with Crippen LogP contribution in [0.1, 0.15) is 34.0 Å². The summed E-state index contributed by atoms with van der Waals surface area (Å²) in [4.78, 5) is 25.9. The number of rotatable bonds is 5. The van der Waals surface area contributed by atoms with Crippen LogP contribution in [0.5, 0.6) is 0 Å². The number of nitrogens with zero attached hydrogens (tertiary/aromatic N) is 1. The van der Waals surface area contributed by atoms with Gasteiger partial charge in [0.15, 0.2) is 0 Å². The number of para-hydroxylation sites is 1. The van der Waals surface area contributed by atoms with Gasteiger partial charge in [-0.15, -0.1) is 0 Å². The van der Waals surface area contributed by atoms with E-state index in [0.29, 0.717) is 18.7 Å². The fourth-order valence-corrected chi connectivity index (χ4v) is 2.58. The summed E-state index contributed by atoms with van der Waals surface area (Å²) < 4.78 is 0. The predicted molar refractivity (Wildman–Crippen MR) is 97.5 cm³/mol. The van der Waals surface area contributed by atoms with E-state index in [-0.39, 0.29) is 11.8 Å². The van der Waals surface area contributed by atoms with Gasteiger partial charge in [-0.2, -0.15) is 0 Å². The highest BCUT2D eigenvalue weighted by Gasteiger charge is 2.14. The summed E-state index contributed by atoms with van der Waals surface area (Å²) in [7, 11) is 0. The first-order valence-corrected chi connectivity index (χ1v) is 8.09. The van der Waals surface area contributed by atoms with Crippen LogP contribution < -0.4 is 10.2 Å². The van der Waals surface area contributed by atoms with Crippen molar-refractivity contribution in [3.05, 3.63) is 64.7 Å². The van der Waals surface area contributed by atoms with Crippen molar-refractivity contribution in [2.75, 3.05) is 18.0 Å². The van der Waals surface area contributed by atoms with Gasteiger partial charge < -0.3 is 10.2 Å². The van der Waals surface area contributed by atoms with Crippen LogP contribution in [0.25, 0.3) is 0 Å². The molecule has 0 spiro atoms. The first-order valence-electron chi connectivity index (χ1n) is 8.09. The van der Waals surface area contributed by atoms with Crippen molar-refractivity contribution in [1.29, 1.82) is 0 Å². The van der Waals surface area contributed by atoms with E-state index in [9.17, 15) is 9.59 Å². The largest absolute Gasteiger partial charge is 0.350 e. The Hall–Kier alpha value is -2.62. The normalized spacial score (nSPS) is 10.3. The maximum Gasteiger partial charge on any atom is 0.251 e. The zero-order valence-corrected chi connectivity index (χ0v) is 14.7. The lowest BCUT2D eigenvalue weighted by molar-refractivity contribution is -0.116. The van der Waals surface area contributed by atoms with Gasteiger partial charge in [0.1, 0.15) is 0 Å². The van der Waals surface area contributed by atoms with Gasteiger partial charge in [-0.25, -0.2) is 0 Å². The van der Waals surface area contributed by atoms with Gasteiger partial charge in [0, 0.05) is 31.3 Å². The third-order valence-corrected chi connectivity index (χ3v) is 4.18. The summed E-state index contributed by atoms with van der Waals surface area (Å²) >= 11 is 0. The molecule has 0 saturated heterocycles. The quantitative estimate of drug-likeness (QED) is 0.916. The van der Waals surface area contributed by atoms with E-state index < -0.39 is 0 Å². The molecule has 0 heterocycles. The number of aryl methyl sites for hydroxylation is 3. The van der Waals surface area contributed by atoms with Crippen LogP contribution in [0.3, 0.4) is 0 Å². The average molecular weight is 324 g/mol. The van der Waals surface area contributed by atoms with Crippen LogP contribution in [-0.2, 0) is 4.79 Å². The maximum atomic E-state index is 12.2. The molecule has 24 heavy (non-hydrogen) atoms. The molecular weight excluding hydrogens is 300 g/mol. The Morgan fingerprint density at radius 2 is 1.67 bits per heavy atom. The zero-order chi connectivity index (χ0) is 17.7. The molecule has 2 aromatic carbocycles. The van der Waals surface area contributed by atoms with Crippen molar-refractivity contribution in [1.82, 2.24) is 5.32 Å². The SMILES string of the molecule is CC(=O)N(CCNC(=O)c1ccc(C)c(C)c1)c1ccccc1C. The van der Waals surface area contributed by atoms with E-state index >= 15 is 0 Å². The smallest absolute Gasteiger partial charge is 0.251 e. The van der Waals surface area contributed by atoms with Gasteiger partial charge >= 0.3 is 0 Å². The van der Waals surface area contributed by atoms with E-state index in [1.54, 1.807) is 4.90 Å². The Bertz CT molecular complexity index is 753. The third kappa shape index (κ3) is 4.22. The Labute approximate surface area is 143 Å². The van der Waals surface area contributed by atoms with Crippen molar-refractivity contribution < 1.29 is 9.59 Å². The van der Waals surface area contributed by atoms with Crippen LogP contribution in [0, 0.1) is 20.8 Å². The maximum absolute atomic E-state index is 12.2. The lowest BCUT2D eigenvalue weighted by Gasteiger charge is -2.23. The molecule has 0 radical (unpaired) electrons. The Morgan fingerprint density at radius 1 is 0.958 bits per heavy atom. The minimum atomic E-state index is -0.119. The number of amides is 2. The summed E-state index contributed by atoms with van der Waals surface area (Å²) in [5, 5.41) is 2.89. The summed E-state index contributed by atoms with van der Waals surface area (Å²) in [6, 6.07) is 13.4. The molecule has 0 aliphatic carbocycles. The first kappa shape index (κ1) is 17.7. The second-order valence-corrected chi connectivity index (χ2v) is 6.01. The molecule has 0 fully saturated rings. The minimum Gasteiger partial charge on any atom is -0.350 e. The number of carbonyl (C=O) groups excluding carboxylic acids is 2. The van der Waals surface area contributed by atoms with Gasteiger partial charge in [-0.05, 0) is 55.7 Å². The molecule has 2 aromatic rings. The number of hydrogen-bond acceptors (Lipinski definition) is 2. The van der Waals surface area contributed by atoms with Crippen LogP contribution in [0.2, 0.25) is 0 Å². The molecule has 0 saturated carbocycles. The van der Waals surface area contributed by atoms with Gasteiger partial charge in [0.2, 0.25) is 5.91 Å². The molecule has 4 heteroatoms. The van der Waals surface area contributed by atoms with Gasteiger partial charge in [0.25, 0.3) is 5.91 Å². The minimum absolute atomic E-state index is 0.0373. The summed E-state index contributed by atoms with van der Waals surface area (Å²) in [5.41, 5.74) is 4.81. The lowest BCUT2D eigenvalue weighted by atomic mass is 10.1. The van der Waals surface area contributed by atoms with Crippen molar-refractivity contribution in [3.8, 4) is 0 Å². The topological polar surface area (TPSA) is 49.4 Å². The van der Waals surface area contributed by atoms with Crippen molar-refractivity contribution in [2.24, 2.45) is 0 Å². The number of nitrogens with one attached hydrogen (secondary N) is 1. The molecule has 126 valence electrons. The molecule has 2 rings (SSSR count). The summed E-state index contributed by atoms with van der Waals surface area (Å²) in [5.74, 6) is -0.156. The highest BCUT2D eigenvalue weighted by Crippen LogP contribution is 2.19. The summed E-state index contributed by atoms with van der Waals surface area (Å²) in [6.45, 7) is 8.36. The number of benzene rings is 2. The van der Waals surface area contributed by atoms with E-state index in [1.165, 1.54) is 6.92 Å². The lowest BCUT2D eigenvalue weighted by Crippen LogP contribution is -2.37. The number of anilines is 1. The zero-order valence-electron chi connectivity index (χ0n) is 14.7. The second-order valence-electron chi connectivity index (χ2n) is 6.01. The molecule has 0 aromatic heterocycles. The molecular formula is C20H24N2O2. The van der Waals surface area contributed by atoms with Crippen molar-refractivity contribution in [2.45, 2.75) is 27.7 Å². The van der Waals surface area contributed by atoms with Gasteiger partial charge in [0.05, 0.1) is 0 Å². The van der Waals surface area contributed by atoms with E-state index in [4.69, 9.17) is 0 Å². The van der Waals surface area contributed by atoms with E-state index in [1.807, 2.05) is 63.2 Å².